The van der Waals surface area contributed by atoms with E-state index in [1.165, 1.54) is 6.07 Å². The second kappa shape index (κ2) is 7.89. The van der Waals surface area contributed by atoms with Crippen molar-refractivity contribution in [3.8, 4) is 0 Å². The molecule has 2 N–H and O–H groups in total. The maximum absolute atomic E-state index is 13.3. The van der Waals surface area contributed by atoms with Crippen LogP contribution in [0.3, 0.4) is 0 Å². The second-order valence-electron chi connectivity index (χ2n) is 5.15. The standard InChI is InChI=1S/C15H23FN2O/c1-11(2)6-7-17-8-9-18-15(19)13-5-4-12(3)14(16)10-13/h4-5,10-11,17H,6-9H2,1-3H3,(H,18,19). The molecule has 0 fully saturated rings. The summed E-state index contributed by atoms with van der Waals surface area (Å²) < 4.78 is 13.3. The van der Waals surface area contributed by atoms with Gasteiger partial charge in [0.1, 0.15) is 5.82 Å². The van der Waals surface area contributed by atoms with Gasteiger partial charge in [0.25, 0.3) is 5.91 Å². The van der Waals surface area contributed by atoms with Crippen LogP contribution >= 0.6 is 0 Å². The topological polar surface area (TPSA) is 41.1 Å². The van der Waals surface area contributed by atoms with Crippen LogP contribution in [0.15, 0.2) is 18.2 Å². The van der Waals surface area contributed by atoms with Gasteiger partial charge in [0.15, 0.2) is 0 Å². The first-order valence-electron chi connectivity index (χ1n) is 6.75. The zero-order valence-corrected chi connectivity index (χ0v) is 11.9. The summed E-state index contributed by atoms with van der Waals surface area (Å²) in [5, 5.41) is 6.02. The van der Waals surface area contributed by atoms with Gasteiger partial charge in [-0.15, -0.1) is 0 Å². The monoisotopic (exact) mass is 266 g/mol. The molecule has 0 aliphatic rings. The SMILES string of the molecule is Cc1ccc(C(=O)NCCNCCC(C)C)cc1F. The minimum atomic E-state index is -0.345. The molecule has 0 aromatic heterocycles. The molecule has 0 aliphatic carbocycles. The molecule has 4 heteroatoms. The fraction of sp³-hybridized carbons (Fsp3) is 0.533. The highest BCUT2D eigenvalue weighted by molar-refractivity contribution is 5.94. The Balaban J connectivity index is 2.26. The van der Waals surface area contributed by atoms with Gasteiger partial charge in [0, 0.05) is 18.7 Å². The third-order valence-corrected chi connectivity index (χ3v) is 2.92. The van der Waals surface area contributed by atoms with Crippen LogP contribution in [0.25, 0.3) is 0 Å². The van der Waals surface area contributed by atoms with E-state index in [2.05, 4.69) is 24.5 Å². The Morgan fingerprint density at radius 3 is 2.63 bits per heavy atom. The Morgan fingerprint density at radius 1 is 1.26 bits per heavy atom. The van der Waals surface area contributed by atoms with Crippen LogP contribution < -0.4 is 10.6 Å². The summed E-state index contributed by atoms with van der Waals surface area (Å²) in [4.78, 5) is 11.7. The molecular formula is C15H23FN2O. The average molecular weight is 266 g/mol. The van der Waals surface area contributed by atoms with Crippen molar-refractivity contribution in [2.75, 3.05) is 19.6 Å². The van der Waals surface area contributed by atoms with E-state index in [9.17, 15) is 9.18 Å². The van der Waals surface area contributed by atoms with Crippen LogP contribution in [-0.4, -0.2) is 25.5 Å². The van der Waals surface area contributed by atoms with Gasteiger partial charge in [-0.05, 0) is 43.5 Å². The van der Waals surface area contributed by atoms with Crippen molar-refractivity contribution in [3.05, 3.63) is 35.1 Å². The number of hydrogen-bond acceptors (Lipinski definition) is 2. The number of benzene rings is 1. The van der Waals surface area contributed by atoms with Crippen molar-refractivity contribution in [2.24, 2.45) is 5.92 Å². The number of carbonyl (C=O) groups is 1. The first kappa shape index (κ1) is 15.6. The molecule has 0 atom stereocenters. The van der Waals surface area contributed by atoms with Crippen LogP contribution in [0, 0.1) is 18.7 Å². The molecule has 3 nitrogen and oxygen atoms in total. The quantitative estimate of drug-likeness (QED) is 0.745. The van der Waals surface area contributed by atoms with Crippen molar-refractivity contribution in [1.82, 2.24) is 10.6 Å². The average Bonchev–Trinajstić information content (AvgIpc) is 2.36. The Bertz CT molecular complexity index is 419. The lowest BCUT2D eigenvalue weighted by Crippen LogP contribution is -2.32. The highest BCUT2D eigenvalue weighted by atomic mass is 19.1. The highest BCUT2D eigenvalue weighted by Crippen LogP contribution is 2.08. The van der Waals surface area contributed by atoms with Gasteiger partial charge in [0.2, 0.25) is 0 Å². The lowest BCUT2D eigenvalue weighted by molar-refractivity contribution is 0.0953. The summed E-state index contributed by atoms with van der Waals surface area (Å²) in [6, 6.07) is 4.53. The number of rotatable bonds is 7. The van der Waals surface area contributed by atoms with E-state index >= 15 is 0 Å². The van der Waals surface area contributed by atoms with Gasteiger partial charge in [-0.25, -0.2) is 4.39 Å². The van der Waals surface area contributed by atoms with Crippen molar-refractivity contribution in [3.63, 3.8) is 0 Å². The largest absolute Gasteiger partial charge is 0.351 e. The molecule has 1 aromatic carbocycles. The molecule has 106 valence electrons. The summed E-state index contributed by atoms with van der Waals surface area (Å²) in [7, 11) is 0. The van der Waals surface area contributed by atoms with E-state index in [-0.39, 0.29) is 11.7 Å². The fourth-order valence-electron chi connectivity index (χ4n) is 1.62. The first-order chi connectivity index (χ1) is 9.00. The smallest absolute Gasteiger partial charge is 0.251 e. The molecule has 1 amide bonds. The third kappa shape index (κ3) is 5.83. The molecule has 0 radical (unpaired) electrons. The molecule has 0 heterocycles. The number of nitrogens with one attached hydrogen (secondary N) is 2. The van der Waals surface area contributed by atoms with Crippen LogP contribution in [0.4, 0.5) is 4.39 Å². The van der Waals surface area contributed by atoms with Crippen molar-refractivity contribution < 1.29 is 9.18 Å². The molecular weight excluding hydrogens is 243 g/mol. The maximum atomic E-state index is 13.3. The molecule has 0 bridgehead atoms. The highest BCUT2D eigenvalue weighted by Gasteiger charge is 2.07. The van der Waals surface area contributed by atoms with Gasteiger partial charge in [0.05, 0.1) is 0 Å². The predicted octanol–water partition coefficient (Wildman–Crippen LogP) is 2.50. The molecule has 0 unspecified atom stereocenters. The van der Waals surface area contributed by atoms with Crippen molar-refractivity contribution >= 4 is 5.91 Å². The van der Waals surface area contributed by atoms with Crippen LogP contribution in [0.1, 0.15) is 36.2 Å². The molecule has 0 saturated carbocycles. The van der Waals surface area contributed by atoms with Crippen LogP contribution in [0.2, 0.25) is 0 Å². The summed E-state index contributed by atoms with van der Waals surface area (Å²) in [6.45, 7) is 8.26. The first-order valence-corrected chi connectivity index (χ1v) is 6.75. The normalized spacial score (nSPS) is 10.8. The van der Waals surface area contributed by atoms with E-state index in [0.29, 0.717) is 23.6 Å². The minimum absolute atomic E-state index is 0.232. The zero-order chi connectivity index (χ0) is 14.3. The van der Waals surface area contributed by atoms with Crippen molar-refractivity contribution in [2.45, 2.75) is 27.2 Å². The zero-order valence-electron chi connectivity index (χ0n) is 11.9. The molecule has 1 aromatic rings. The molecule has 0 saturated heterocycles. The molecule has 0 aliphatic heterocycles. The Labute approximate surface area is 114 Å². The maximum Gasteiger partial charge on any atom is 0.251 e. The Morgan fingerprint density at radius 2 is 2.00 bits per heavy atom. The number of halogens is 1. The van der Waals surface area contributed by atoms with E-state index in [1.807, 2.05) is 0 Å². The third-order valence-electron chi connectivity index (χ3n) is 2.92. The number of carbonyl (C=O) groups excluding carboxylic acids is 1. The Hall–Kier alpha value is -1.42. The number of amides is 1. The van der Waals surface area contributed by atoms with E-state index < -0.39 is 0 Å². The summed E-state index contributed by atoms with van der Waals surface area (Å²) in [5.74, 6) is 0.102. The van der Waals surface area contributed by atoms with Gasteiger partial charge in [-0.1, -0.05) is 19.9 Å². The van der Waals surface area contributed by atoms with Crippen molar-refractivity contribution in [1.29, 1.82) is 0 Å². The second-order valence-corrected chi connectivity index (χ2v) is 5.15. The lowest BCUT2D eigenvalue weighted by atomic mass is 10.1. The van der Waals surface area contributed by atoms with Crippen LogP contribution in [0.5, 0.6) is 0 Å². The Kier molecular flexibility index (Phi) is 6.50. The summed E-state index contributed by atoms with van der Waals surface area (Å²) in [6.07, 6.45) is 1.12. The van der Waals surface area contributed by atoms with Gasteiger partial charge < -0.3 is 10.6 Å². The van der Waals surface area contributed by atoms with Gasteiger partial charge in [-0.3, -0.25) is 4.79 Å². The van der Waals surface area contributed by atoms with Gasteiger partial charge >= 0.3 is 0 Å². The molecule has 1 rings (SSSR count). The summed E-state index contributed by atoms with van der Waals surface area (Å²) in [5.41, 5.74) is 0.914. The van der Waals surface area contributed by atoms with Crippen LogP contribution in [-0.2, 0) is 0 Å². The minimum Gasteiger partial charge on any atom is -0.351 e. The lowest BCUT2D eigenvalue weighted by Gasteiger charge is -2.08. The molecule has 19 heavy (non-hydrogen) atoms. The number of hydrogen-bond donors (Lipinski definition) is 2. The fourth-order valence-corrected chi connectivity index (χ4v) is 1.62. The molecule has 0 spiro atoms. The van der Waals surface area contributed by atoms with E-state index in [0.717, 1.165) is 19.5 Å². The summed E-state index contributed by atoms with van der Waals surface area (Å²) >= 11 is 0. The number of aryl methyl sites for hydroxylation is 1. The van der Waals surface area contributed by atoms with E-state index in [1.54, 1.807) is 19.1 Å². The van der Waals surface area contributed by atoms with E-state index in [4.69, 9.17) is 0 Å². The predicted molar refractivity (Wildman–Crippen MR) is 75.8 cm³/mol. The van der Waals surface area contributed by atoms with Gasteiger partial charge in [-0.2, -0.15) is 0 Å².